The quantitative estimate of drug-likeness (QED) is 0.785. The summed E-state index contributed by atoms with van der Waals surface area (Å²) in [5.41, 5.74) is 0.675. The van der Waals surface area contributed by atoms with Crippen molar-refractivity contribution in [1.82, 2.24) is 20.5 Å². The van der Waals surface area contributed by atoms with Crippen LogP contribution in [0.2, 0.25) is 0 Å². The fourth-order valence-electron chi connectivity index (χ4n) is 1.00. The van der Waals surface area contributed by atoms with Crippen LogP contribution in [0.3, 0.4) is 0 Å². The highest BCUT2D eigenvalue weighted by atomic mass is 32.2. The van der Waals surface area contributed by atoms with E-state index in [9.17, 15) is 4.79 Å². The van der Waals surface area contributed by atoms with E-state index in [1.54, 1.807) is 6.20 Å². The van der Waals surface area contributed by atoms with Crippen LogP contribution in [-0.4, -0.2) is 27.3 Å². The first-order valence-corrected chi connectivity index (χ1v) is 6.40. The fraction of sp³-hybridized carbons (Fsp3) is 0.600. The number of hydrogen-bond donors (Lipinski definition) is 1. The predicted octanol–water partition coefficient (Wildman–Crippen LogP) is 1.26. The number of rotatable bonds is 5. The first-order valence-electron chi connectivity index (χ1n) is 5.17. The zero-order valence-electron chi connectivity index (χ0n) is 9.73. The number of amides is 1. The van der Waals surface area contributed by atoms with Crippen molar-refractivity contribution < 1.29 is 4.79 Å². The van der Waals surface area contributed by atoms with Gasteiger partial charge in [0.25, 0.3) is 0 Å². The molecule has 0 aliphatic rings. The Bertz CT molecular complexity index is 341. The van der Waals surface area contributed by atoms with E-state index < -0.39 is 0 Å². The van der Waals surface area contributed by atoms with Crippen molar-refractivity contribution in [3.05, 3.63) is 11.9 Å². The first-order chi connectivity index (χ1) is 7.67. The molecule has 88 valence electrons. The minimum Gasteiger partial charge on any atom is -0.350 e. The van der Waals surface area contributed by atoms with Crippen LogP contribution in [-0.2, 0) is 11.3 Å². The average molecular weight is 240 g/mol. The van der Waals surface area contributed by atoms with E-state index in [0.717, 1.165) is 6.42 Å². The second-order valence-corrected chi connectivity index (χ2v) is 4.24. The van der Waals surface area contributed by atoms with Crippen molar-refractivity contribution >= 4 is 17.7 Å². The van der Waals surface area contributed by atoms with E-state index in [-0.39, 0.29) is 11.8 Å². The van der Waals surface area contributed by atoms with E-state index in [1.807, 2.05) is 20.1 Å². The molecule has 16 heavy (non-hydrogen) atoms. The molecule has 1 heterocycles. The zero-order chi connectivity index (χ0) is 12.0. The van der Waals surface area contributed by atoms with E-state index in [1.165, 1.54) is 11.8 Å². The van der Waals surface area contributed by atoms with Gasteiger partial charge < -0.3 is 5.32 Å². The Morgan fingerprint density at radius 3 is 2.81 bits per heavy atom. The topological polar surface area (TPSA) is 67.8 Å². The smallest absolute Gasteiger partial charge is 0.223 e. The number of thioether (sulfide) groups is 1. The van der Waals surface area contributed by atoms with Crippen molar-refractivity contribution in [3.8, 4) is 0 Å². The highest BCUT2D eigenvalue weighted by Gasteiger charge is 2.09. The third-order valence-electron chi connectivity index (χ3n) is 2.27. The SMILES string of the molecule is CCC(C)C(=O)NCc1cnc(SC)nn1. The van der Waals surface area contributed by atoms with Gasteiger partial charge in [0.15, 0.2) is 0 Å². The van der Waals surface area contributed by atoms with Gasteiger partial charge in [-0.1, -0.05) is 25.6 Å². The maximum atomic E-state index is 11.5. The van der Waals surface area contributed by atoms with Crippen LogP contribution in [0.5, 0.6) is 0 Å². The summed E-state index contributed by atoms with van der Waals surface area (Å²) in [6.45, 7) is 4.27. The van der Waals surface area contributed by atoms with Crippen LogP contribution < -0.4 is 5.32 Å². The summed E-state index contributed by atoms with van der Waals surface area (Å²) in [5, 5.41) is 11.3. The van der Waals surface area contributed by atoms with Crippen LogP contribution in [0.1, 0.15) is 26.0 Å². The molecule has 1 aromatic rings. The van der Waals surface area contributed by atoms with Gasteiger partial charge in [-0.3, -0.25) is 4.79 Å². The first kappa shape index (κ1) is 12.9. The molecule has 0 bridgehead atoms. The molecular weight excluding hydrogens is 224 g/mol. The van der Waals surface area contributed by atoms with Crippen molar-refractivity contribution in [3.63, 3.8) is 0 Å². The van der Waals surface area contributed by atoms with Crippen LogP contribution in [0.15, 0.2) is 11.4 Å². The third kappa shape index (κ3) is 3.77. The summed E-state index contributed by atoms with van der Waals surface area (Å²) in [6, 6.07) is 0. The summed E-state index contributed by atoms with van der Waals surface area (Å²) < 4.78 is 0. The largest absolute Gasteiger partial charge is 0.350 e. The molecule has 0 fully saturated rings. The minimum absolute atomic E-state index is 0.0337. The second-order valence-electron chi connectivity index (χ2n) is 3.46. The molecule has 1 amide bonds. The molecule has 0 saturated heterocycles. The van der Waals surface area contributed by atoms with Gasteiger partial charge in [-0.25, -0.2) is 4.98 Å². The van der Waals surface area contributed by atoms with Gasteiger partial charge in [-0.2, -0.15) is 0 Å². The van der Waals surface area contributed by atoms with E-state index in [4.69, 9.17) is 0 Å². The summed E-state index contributed by atoms with van der Waals surface area (Å²) in [7, 11) is 0. The van der Waals surface area contributed by atoms with Crippen LogP contribution in [0.4, 0.5) is 0 Å². The molecule has 1 unspecified atom stereocenters. The Morgan fingerprint density at radius 1 is 1.56 bits per heavy atom. The second kappa shape index (κ2) is 6.42. The third-order valence-corrected chi connectivity index (χ3v) is 2.83. The lowest BCUT2D eigenvalue weighted by Gasteiger charge is -2.08. The van der Waals surface area contributed by atoms with E-state index in [0.29, 0.717) is 17.4 Å². The van der Waals surface area contributed by atoms with Gasteiger partial charge in [0.05, 0.1) is 12.7 Å². The predicted molar refractivity (Wildman–Crippen MR) is 62.9 cm³/mol. The molecule has 0 radical (unpaired) electrons. The monoisotopic (exact) mass is 240 g/mol. The standard InChI is InChI=1S/C10H16N4OS/c1-4-7(2)9(15)11-5-8-6-12-10(16-3)14-13-8/h6-7H,4-5H2,1-3H3,(H,11,15). The molecule has 0 aliphatic carbocycles. The van der Waals surface area contributed by atoms with Crippen molar-refractivity contribution in [1.29, 1.82) is 0 Å². The van der Waals surface area contributed by atoms with Gasteiger partial charge in [-0.05, 0) is 12.7 Å². The summed E-state index contributed by atoms with van der Waals surface area (Å²) in [5.74, 6) is 0.0737. The lowest BCUT2D eigenvalue weighted by molar-refractivity contribution is -0.124. The molecule has 1 aromatic heterocycles. The van der Waals surface area contributed by atoms with Gasteiger partial charge in [0.1, 0.15) is 5.69 Å². The molecule has 6 heteroatoms. The average Bonchev–Trinajstić information content (AvgIpc) is 2.35. The Morgan fingerprint density at radius 2 is 2.31 bits per heavy atom. The summed E-state index contributed by atoms with van der Waals surface area (Å²) >= 11 is 1.44. The molecule has 0 spiro atoms. The Balaban J connectivity index is 2.45. The van der Waals surface area contributed by atoms with E-state index >= 15 is 0 Å². The molecule has 5 nitrogen and oxygen atoms in total. The molecular formula is C10H16N4OS. The minimum atomic E-state index is 0.0337. The number of nitrogens with zero attached hydrogens (tertiary/aromatic N) is 3. The number of nitrogens with one attached hydrogen (secondary N) is 1. The van der Waals surface area contributed by atoms with Gasteiger partial charge >= 0.3 is 0 Å². The maximum absolute atomic E-state index is 11.5. The van der Waals surface area contributed by atoms with Crippen molar-refractivity contribution in [2.45, 2.75) is 32.0 Å². The fourth-order valence-corrected chi connectivity index (χ4v) is 1.28. The van der Waals surface area contributed by atoms with Gasteiger partial charge in [-0.15, -0.1) is 10.2 Å². The van der Waals surface area contributed by atoms with Gasteiger partial charge in [0, 0.05) is 5.92 Å². The highest BCUT2D eigenvalue weighted by molar-refractivity contribution is 7.98. The number of aromatic nitrogens is 3. The van der Waals surface area contributed by atoms with Crippen LogP contribution >= 0.6 is 11.8 Å². The maximum Gasteiger partial charge on any atom is 0.223 e. The zero-order valence-corrected chi connectivity index (χ0v) is 10.5. The Labute approximate surface area is 99.4 Å². The van der Waals surface area contributed by atoms with Crippen molar-refractivity contribution in [2.75, 3.05) is 6.26 Å². The van der Waals surface area contributed by atoms with Crippen LogP contribution in [0.25, 0.3) is 0 Å². The molecule has 0 aliphatic heterocycles. The Hall–Kier alpha value is -1.17. The van der Waals surface area contributed by atoms with Gasteiger partial charge in [0.2, 0.25) is 11.1 Å². The molecule has 0 aromatic carbocycles. The number of hydrogen-bond acceptors (Lipinski definition) is 5. The lowest BCUT2D eigenvalue weighted by Crippen LogP contribution is -2.28. The summed E-state index contributed by atoms with van der Waals surface area (Å²) in [4.78, 5) is 15.6. The number of carbonyl (C=O) groups excluding carboxylic acids is 1. The normalized spacial score (nSPS) is 12.2. The number of carbonyl (C=O) groups is 1. The van der Waals surface area contributed by atoms with Crippen molar-refractivity contribution in [2.24, 2.45) is 5.92 Å². The highest BCUT2D eigenvalue weighted by Crippen LogP contribution is 2.05. The summed E-state index contributed by atoms with van der Waals surface area (Å²) in [6.07, 6.45) is 4.36. The van der Waals surface area contributed by atoms with E-state index in [2.05, 4.69) is 20.5 Å². The molecule has 1 atom stereocenters. The molecule has 1 rings (SSSR count). The molecule has 1 N–H and O–H groups in total. The Kier molecular flexibility index (Phi) is 5.18. The molecule has 0 saturated carbocycles. The van der Waals surface area contributed by atoms with Crippen LogP contribution in [0, 0.1) is 5.92 Å². The lowest BCUT2D eigenvalue weighted by atomic mass is 10.1.